The Hall–Kier alpha value is -1.06. The first kappa shape index (κ1) is 19.3. The van der Waals surface area contributed by atoms with E-state index in [1.807, 2.05) is 0 Å². The molecule has 4 heteroatoms. The minimum absolute atomic E-state index is 0.151. The smallest absolute Gasteiger partial charge is 0.313 e. The van der Waals surface area contributed by atoms with Crippen LogP contribution in [0, 0.1) is 47.3 Å². The second-order valence-electron chi connectivity index (χ2n) is 9.64. The van der Waals surface area contributed by atoms with Crippen LogP contribution in [0.25, 0.3) is 0 Å². The van der Waals surface area contributed by atoms with E-state index < -0.39 is 5.60 Å². The molecule has 152 valence electrons. The number of carbonyl (C=O) groups excluding carboxylic acids is 2. The number of esters is 2. The molecular weight excluding hydrogens is 340 g/mol. The molecule has 2 bridgehead atoms. The Bertz CT molecular complexity index is 601. The predicted molar refractivity (Wildman–Crippen MR) is 103 cm³/mol. The molecule has 0 aromatic heterocycles. The van der Waals surface area contributed by atoms with Gasteiger partial charge in [0, 0.05) is 12.8 Å². The fraction of sp³-hybridized carbons (Fsp3) is 0.913. The van der Waals surface area contributed by atoms with Crippen LogP contribution in [0.5, 0.6) is 0 Å². The normalized spacial score (nSPS) is 44.8. The van der Waals surface area contributed by atoms with Crippen molar-refractivity contribution in [1.82, 2.24) is 0 Å². The van der Waals surface area contributed by atoms with E-state index in [4.69, 9.17) is 9.47 Å². The summed E-state index contributed by atoms with van der Waals surface area (Å²) < 4.78 is 11.4. The van der Waals surface area contributed by atoms with E-state index in [0.717, 1.165) is 36.0 Å². The Labute approximate surface area is 163 Å². The lowest BCUT2D eigenvalue weighted by molar-refractivity contribution is -0.184. The summed E-state index contributed by atoms with van der Waals surface area (Å²) >= 11 is 0. The van der Waals surface area contributed by atoms with Crippen molar-refractivity contribution in [2.75, 3.05) is 6.61 Å². The standard InChI is InChI=1S/C23H36O4/c1-5-14-10-15(6-2)21-17-11-16(20(14)21)12-19(17)23(7-3,27-13(4)24)18-8-9-26-22(18)25/h14-21H,5-12H2,1-4H3. The van der Waals surface area contributed by atoms with Gasteiger partial charge in [-0.05, 0) is 67.6 Å². The number of ether oxygens (including phenoxy) is 2. The number of rotatable bonds is 6. The SMILES string of the molecule is CCC1CC(CC)C2C3CC(CC3C(CC)(OC(C)=O)C3CCOC3=O)C12. The zero-order chi connectivity index (χ0) is 19.3. The van der Waals surface area contributed by atoms with Crippen molar-refractivity contribution >= 4 is 11.9 Å². The molecule has 0 N–H and O–H groups in total. The second-order valence-corrected chi connectivity index (χ2v) is 9.64. The number of hydrogen-bond donors (Lipinski definition) is 0. The maximum absolute atomic E-state index is 12.6. The quantitative estimate of drug-likeness (QED) is 0.636. The fourth-order valence-corrected chi connectivity index (χ4v) is 8.15. The molecule has 0 radical (unpaired) electrons. The van der Waals surface area contributed by atoms with E-state index in [1.165, 1.54) is 32.6 Å². The van der Waals surface area contributed by atoms with Crippen LogP contribution in [0.1, 0.15) is 72.6 Å². The Morgan fingerprint density at radius 2 is 1.81 bits per heavy atom. The molecule has 4 fully saturated rings. The van der Waals surface area contributed by atoms with Crippen molar-refractivity contribution < 1.29 is 19.1 Å². The highest BCUT2D eigenvalue weighted by Crippen LogP contribution is 2.68. The number of cyclic esters (lactones) is 1. The highest BCUT2D eigenvalue weighted by molar-refractivity contribution is 5.77. The Balaban J connectivity index is 1.68. The van der Waals surface area contributed by atoms with Gasteiger partial charge in [-0.3, -0.25) is 9.59 Å². The van der Waals surface area contributed by atoms with Crippen LogP contribution < -0.4 is 0 Å². The molecule has 1 saturated heterocycles. The summed E-state index contributed by atoms with van der Waals surface area (Å²) in [4.78, 5) is 24.7. The Morgan fingerprint density at radius 1 is 1.11 bits per heavy atom. The molecule has 0 aromatic rings. The lowest BCUT2D eigenvalue weighted by Gasteiger charge is -2.47. The van der Waals surface area contributed by atoms with Crippen molar-refractivity contribution in [3.63, 3.8) is 0 Å². The van der Waals surface area contributed by atoms with E-state index in [1.54, 1.807) is 0 Å². The summed E-state index contributed by atoms with van der Waals surface area (Å²) in [6.07, 6.45) is 7.74. The van der Waals surface area contributed by atoms with Crippen molar-refractivity contribution in [2.45, 2.75) is 78.2 Å². The first-order chi connectivity index (χ1) is 13.0. The summed E-state index contributed by atoms with van der Waals surface area (Å²) in [7, 11) is 0. The van der Waals surface area contributed by atoms with Crippen LogP contribution in [0.15, 0.2) is 0 Å². The third-order valence-corrected chi connectivity index (χ3v) is 8.91. The molecule has 0 aromatic carbocycles. The third-order valence-electron chi connectivity index (χ3n) is 8.91. The molecular formula is C23H36O4. The lowest BCUT2D eigenvalue weighted by Crippen LogP contribution is -2.53. The summed E-state index contributed by atoms with van der Waals surface area (Å²) in [5.74, 6) is 4.31. The minimum Gasteiger partial charge on any atom is -0.465 e. The highest BCUT2D eigenvalue weighted by Gasteiger charge is 2.66. The zero-order valence-corrected chi connectivity index (χ0v) is 17.4. The summed E-state index contributed by atoms with van der Waals surface area (Å²) in [6.45, 7) is 8.76. The lowest BCUT2D eigenvalue weighted by atomic mass is 9.61. The van der Waals surface area contributed by atoms with Crippen molar-refractivity contribution in [3.05, 3.63) is 0 Å². The van der Waals surface area contributed by atoms with Crippen molar-refractivity contribution in [1.29, 1.82) is 0 Å². The topological polar surface area (TPSA) is 52.6 Å². The van der Waals surface area contributed by atoms with Crippen LogP contribution in [-0.2, 0) is 19.1 Å². The molecule has 4 aliphatic rings. The zero-order valence-electron chi connectivity index (χ0n) is 17.4. The molecule has 3 aliphatic carbocycles. The number of hydrogen-bond acceptors (Lipinski definition) is 4. The highest BCUT2D eigenvalue weighted by atomic mass is 16.6. The largest absolute Gasteiger partial charge is 0.465 e. The first-order valence-electron chi connectivity index (χ1n) is 11.3. The Morgan fingerprint density at radius 3 is 2.37 bits per heavy atom. The van der Waals surface area contributed by atoms with Crippen LogP contribution in [-0.4, -0.2) is 24.1 Å². The molecule has 1 heterocycles. The molecule has 4 nitrogen and oxygen atoms in total. The molecule has 1 aliphatic heterocycles. The maximum Gasteiger partial charge on any atom is 0.313 e. The molecule has 0 spiro atoms. The molecule has 0 amide bonds. The van der Waals surface area contributed by atoms with Crippen LogP contribution >= 0.6 is 0 Å². The van der Waals surface area contributed by atoms with Crippen LogP contribution in [0.4, 0.5) is 0 Å². The average Bonchev–Trinajstić information content (AvgIpc) is 3.40. The van der Waals surface area contributed by atoms with E-state index in [0.29, 0.717) is 31.3 Å². The summed E-state index contributed by atoms with van der Waals surface area (Å²) in [5.41, 5.74) is -0.660. The van der Waals surface area contributed by atoms with Gasteiger partial charge in [-0.2, -0.15) is 0 Å². The third kappa shape index (κ3) is 2.76. The van der Waals surface area contributed by atoms with E-state index >= 15 is 0 Å². The van der Waals surface area contributed by atoms with Crippen molar-refractivity contribution in [3.8, 4) is 0 Å². The van der Waals surface area contributed by atoms with Gasteiger partial charge < -0.3 is 9.47 Å². The molecule has 4 rings (SSSR count). The van der Waals surface area contributed by atoms with Gasteiger partial charge in [-0.15, -0.1) is 0 Å². The van der Waals surface area contributed by atoms with Gasteiger partial charge >= 0.3 is 11.9 Å². The van der Waals surface area contributed by atoms with Crippen LogP contribution in [0.2, 0.25) is 0 Å². The molecule has 9 atom stereocenters. The van der Waals surface area contributed by atoms with Crippen LogP contribution in [0.3, 0.4) is 0 Å². The molecule has 27 heavy (non-hydrogen) atoms. The predicted octanol–water partition coefficient (Wildman–Crippen LogP) is 4.61. The number of carbonyl (C=O) groups is 2. The molecule has 9 unspecified atom stereocenters. The Kier molecular flexibility index (Phi) is 5.05. The van der Waals surface area contributed by atoms with Gasteiger partial charge in [0.05, 0.1) is 6.61 Å². The monoisotopic (exact) mass is 376 g/mol. The van der Waals surface area contributed by atoms with E-state index in [-0.39, 0.29) is 17.9 Å². The van der Waals surface area contributed by atoms with E-state index in [9.17, 15) is 9.59 Å². The van der Waals surface area contributed by atoms with Gasteiger partial charge in [0.2, 0.25) is 0 Å². The fourth-order valence-electron chi connectivity index (χ4n) is 8.15. The van der Waals surface area contributed by atoms with Gasteiger partial charge in [-0.25, -0.2) is 0 Å². The first-order valence-corrected chi connectivity index (χ1v) is 11.3. The van der Waals surface area contributed by atoms with E-state index in [2.05, 4.69) is 20.8 Å². The summed E-state index contributed by atoms with van der Waals surface area (Å²) in [5, 5.41) is 0. The average molecular weight is 377 g/mol. The molecule has 3 saturated carbocycles. The second kappa shape index (κ2) is 7.08. The van der Waals surface area contributed by atoms with Gasteiger partial charge in [-0.1, -0.05) is 33.6 Å². The van der Waals surface area contributed by atoms with Gasteiger partial charge in [0.1, 0.15) is 11.5 Å². The maximum atomic E-state index is 12.6. The van der Waals surface area contributed by atoms with Crippen molar-refractivity contribution in [2.24, 2.45) is 47.3 Å². The van der Waals surface area contributed by atoms with Gasteiger partial charge in [0.15, 0.2) is 0 Å². The summed E-state index contributed by atoms with van der Waals surface area (Å²) in [6, 6.07) is 0. The van der Waals surface area contributed by atoms with Gasteiger partial charge in [0.25, 0.3) is 0 Å². The minimum atomic E-state index is -0.660. The number of fused-ring (bicyclic) bond motifs is 5.